The lowest BCUT2D eigenvalue weighted by Gasteiger charge is -2.10. The first-order valence-corrected chi connectivity index (χ1v) is 9.78. The fourth-order valence-electron chi connectivity index (χ4n) is 2.81. The van der Waals surface area contributed by atoms with Gasteiger partial charge >= 0.3 is 5.69 Å². The zero-order chi connectivity index (χ0) is 21.1. The normalized spacial score (nSPS) is 11.2. The lowest BCUT2D eigenvalue weighted by Crippen LogP contribution is -2.27. The number of halogens is 2. The second-order valence-corrected chi connectivity index (χ2v) is 7.96. The zero-order valence-electron chi connectivity index (χ0n) is 16.0. The lowest BCUT2D eigenvalue weighted by molar-refractivity contribution is 0.400. The highest BCUT2D eigenvalue weighted by Gasteiger charge is 2.12. The van der Waals surface area contributed by atoms with E-state index in [9.17, 15) is 18.4 Å². The summed E-state index contributed by atoms with van der Waals surface area (Å²) in [7, 11) is 0. The molecule has 3 aromatic heterocycles. The summed E-state index contributed by atoms with van der Waals surface area (Å²) in [5, 5.41) is 3.90. The summed E-state index contributed by atoms with van der Waals surface area (Å²) < 4.78 is 29.5. The van der Waals surface area contributed by atoms with Crippen LogP contribution in [-0.4, -0.2) is 25.5 Å². The van der Waals surface area contributed by atoms with Gasteiger partial charge in [0.05, 0.1) is 13.1 Å². The first-order valence-electron chi connectivity index (χ1n) is 8.96. The van der Waals surface area contributed by atoms with Gasteiger partial charge in [0.15, 0.2) is 0 Å². The van der Waals surface area contributed by atoms with Crippen molar-refractivity contribution in [3.05, 3.63) is 74.2 Å². The minimum absolute atomic E-state index is 0.0490. The molecule has 0 saturated heterocycles. The van der Waals surface area contributed by atoms with Crippen molar-refractivity contribution in [2.75, 3.05) is 6.54 Å². The molecule has 7 nitrogen and oxygen atoms in total. The molecule has 29 heavy (non-hydrogen) atoms. The Bertz CT molecular complexity index is 1150. The van der Waals surface area contributed by atoms with E-state index in [1.54, 1.807) is 10.6 Å². The molecule has 0 aliphatic rings. The Hall–Kier alpha value is -2.85. The molecule has 3 aromatic rings. The first-order chi connectivity index (χ1) is 13.8. The molecule has 0 radical (unpaired) electrons. The summed E-state index contributed by atoms with van der Waals surface area (Å²) in [5.41, 5.74) is 5.33. The first kappa shape index (κ1) is 20.9. The van der Waals surface area contributed by atoms with E-state index >= 15 is 0 Å². The molecule has 0 fully saturated rings. The average molecular weight is 421 g/mol. The average Bonchev–Trinajstić information content (AvgIpc) is 3.28. The molecule has 0 unspecified atom stereocenters. The number of aromatic nitrogens is 4. The van der Waals surface area contributed by atoms with Crippen LogP contribution in [-0.2, 0) is 13.1 Å². The maximum atomic E-state index is 12.8. The third kappa shape index (κ3) is 4.60. The maximum Gasteiger partial charge on any atom is 0.346 e. The van der Waals surface area contributed by atoms with Crippen LogP contribution in [0.15, 0.2) is 58.0 Å². The predicted molar refractivity (Wildman–Crippen MR) is 108 cm³/mol. The minimum atomic E-state index is -1.89. The van der Waals surface area contributed by atoms with E-state index in [1.165, 1.54) is 28.3 Å². The molecule has 2 N–H and O–H groups in total. The number of pyridine rings is 1. The monoisotopic (exact) mass is 421 g/mol. The summed E-state index contributed by atoms with van der Waals surface area (Å²) in [6.07, 6.45) is 1.25. The molecule has 3 heterocycles. The number of rotatable bonds is 7. The fraction of sp³-hybridized carbons (Fsp3) is 0.316. The van der Waals surface area contributed by atoms with Gasteiger partial charge < -0.3 is 10.3 Å². The van der Waals surface area contributed by atoms with Crippen molar-refractivity contribution >= 4 is 11.3 Å². The highest BCUT2D eigenvalue weighted by molar-refractivity contribution is 7.15. The van der Waals surface area contributed by atoms with Crippen molar-refractivity contribution in [1.29, 1.82) is 0 Å². The van der Waals surface area contributed by atoms with Gasteiger partial charge in [-0.15, -0.1) is 11.3 Å². The van der Waals surface area contributed by atoms with Gasteiger partial charge in [-0.2, -0.15) is 13.9 Å². The number of hydrogen-bond acceptors (Lipinski definition) is 5. The highest BCUT2D eigenvalue weighted by Crippen LogP contribution is 2.28. The van der Waals surface area contributed by atoms with Gasteiger partial charge in [-0.05, 0) is 32.0 Å². The highest BCUT2D eigenvalue weighted by atomic mass is 32.1. The van der Waals surface area contributed by atoms with Gasteiger partial charge in [-0.25, -0.2) is 9.48 Å². The van der Waals surface area contributed by atoms with Crippen LogP contribution in [0.25, 0.3) is 10.4 Å². The molecule has 0 aliphatic heterocycles. The Morgan fingerprint density at radius 1 is 1.21 bits per heavy atom. The maximum absolute atomic E-state index is 12.8. The summed E-state index contributed by atoms with van der Waals surface area (Å²) >= 11 is 1.49. The second-order valence-electron chi connectivity index (χ2n) is 6.79. The Morgan fingerprint density at radius 2 is 1.97 bits per heavy atom. The summed E-state index contributed by atoms with van der Waals surface area (Å²) in [6.45, 7) is 3.48. The Kier molecular flexibility index (Phi) is 6.23. The summed E-state index contributed by atoms with van der Waals surface area (Å²) in [4.78, 5) is 26.2. The van der Waals surface area contributed by atoms with Crippen molar-refractivity contribution in [3.63, 3.8) is 0 Å². The van der Waals surface area contributed by atoms with Gasteiger partial charge in [0, 0.05) is 45.7 Å². The van der Waals surface area contributed by atoms with E-state index in [2.05, 4.69) is 5.10 Å². The number of hydrogen-bond donors (Lipinski definition) is 1. The molecule has 0 atom stereocenters. The van der Waals surface area contributed by atoms with Gasteiger partial charge in [0.25, 0.3) is 11.6 Å². The van der Waals surface area contributed by atoms with Gasteiger partial charge in [0.1, 0.15) is 6.33 Å². The van der Waals surface area contributed by atoms with E-state index < -0.39 is 11.8 Å². The van der Waals surface area contributed by atoms with Gasteiger partial charge in [-0.1, -0.05) is 0 Å². The number of nitrogens with zero attached hydrogens (tertiary/aromatic N) is 4. The van der Waals surface area contributed by atoms with Crippen LogP contribution in [0.2, 0.25) is 0 Å². The second kappa shape index (κ2) is 8.66. The smallest absolute Gasteiger partial charge is 0.327 e. The van der Waals surface area contributed by atoms with Crippen molar-refractivity contribution in [1.82, 2.24) is 18.9 Å². The summed E-state index contributed by atoms with van der Waals surface area (Å²) in [5.74, 6) is 0. The zero-order valence-corrected chi connectivity index (χ0v) is 16.8. The molecule has 0 amide bonds. The Morgan fingerprint density at radius 3 is 2.62 bits per heavy atom. The van der Waals surface area contributed by atoms with E-state index in [-0.39, 0.29) is 36.8 Å². The molecule has 0 aliphatic carbocycles. The molecule has 10 heteroatoms. The third-order valence-corrected chi connectivity index (χ3v) is 5.54. The van der Waals surface area contributed by atoms with Crippen LogP contribution >= 0.6 is 11.3 Å². The van der Waals surface area contributed by atoms with E-state index in [0.29, 0.717) is 0 Å². The van der Waals surface area contributed by atoms with Crippen molar-refractivity contribution < 1.29 is 8.78 Å². The van der Waals surface area contributed by atoms with Gasteiger partial charge in [0.2, 0.25) is 0 Å². The van der Waals surface area contributed by atoms with Crippen LogP contribution < -0.4 is 17.0 Å². The summed E-state index contributed by atoms with van der Waals surface area (Å²) in [6, 6.07) is 7.17. The van der Waals surface area contributed by atoms with Crippen LogP contribution in [0.5, 0.6) is 0 Å². The van der Waals surface area contributed by atoms with Crippen LogP contribution in [0.3, 0.4) is 0 Å². The molecular weight excluding hydrogens is 400 g/mol. The van der Waals surface area contributed by atoms with Crippen LogP contribution in [0, 0.1) is 0 Å². The fourth-order valence-corrected chi connectivity index (χ4v) is 3.81. The molecule has 0 saturated carbocycles. The standard InChI is InChI=1S/C19H21F2N5O2S/c1-12(2)25-8-13(3-6-17(25)27)16-5-4-15(29-16)10-24-11-23-26(19(24)28)9-14(7-22)18(20)21/h3-6,8,11-12H,7,9-10,22H2,1-2H3. The van der Waals surface area contributed by atoms with Gasteiger partial charge in [-0.3, -0.25) is 9.36 Å². The molecule has 0 spiro atoms. The lowest BCUT2D eigenvalue weighted by atomic mass is 10.2. The molecule has 0 bridgehead atoms. The molecule has 154 valence electrons. The van der Waals surface area contributed by atoms with E-state index in [4.69, 9.17) is 5.73 Å². The third-order valence-electron chi connectivity index (χ3n) is 4.42. The predicted octanol–water partition coefficient (Wildman–Crippen LogP) is 2.67. The Labute approximate surface area is 169 Å². The van der Waals surface area contributed by atoms with Crippen LogP contribution in [0.1, 0.15) is 24.8 Å². The van der Waals surface area contributed by atoms with Crippen molar-refractivity contribution in [3.8, 4) is 10.4 Å². The molecule has 3 rings (SSSR count). The quantitative estimate of drug-likeness (QED) is 0.635. The van der Waals surface area contributed by atoms with Crippen LogP contribution in [0.4, 0.5) is 8.78 Å². The largest absolute Gasteiger partial charge is 0.346 e. The topological polar surface area (TPSA) is 87.8 Å². The molecule has 0 aromatic carbocycles. The van der Waals surface area contributed by atoms with Crippen molar-refractivity contribution in [2.45, 2.75) is 33.0 Å². The van der Waals surface area contributed by atoms with Crippen molar-refractivity contribution in [2.24, 2.45) is 5.73 Å². The number of thiophene rings is 1. The molecular formula is C19H21F2N5O2S. The number of nitrogens with two attached hydrogens (primary N) is 1. The SMILES string of the molecule is CC(C)n1cc(-c2ccc(Cn3cnn(CC(CN)=C(F)F)c3=O)s2)ccc1=O. The Balaban J connectivity index is 1.81. The van der Waals surface area contributed by atoms with E-state index in [0.717, 1.165) is 20.0 Å². The minimum Gasteiger partial charge on any atom is -0.327 e. The van der Waals surface area contributed by atoms with E-state index in [1.807, 2.05) is 32.2 Å².